The number of benzene rings is 4. The van der Waals surface area contributed by atoms with E-state index in [-0.39, 0.29) is 22.1 Å². The lowest BCUT2D eigenvalue weighted by Crippen LogP contribution is -2.37. The number of para-hydroxylation sites is 1. The van der Waals surface area contributed by atoms with Gasteiger partial charge in [-0.15, -0.1) is 0 Å². The molecule has 4 aromatic carbocycles. The number of fused-ring (bicyclic) bond motifs is 1. The summed E-state index contributed by atoms with van der Waals surface area (Å²) in [6.45, 7) is 0. The van der Waals surface area contributed by atoms with Crippen LogP contribution in [0.4, 0.5) is 17.1 Å². The Morgan fingerprint density at radius 1 is 0.878 bits per heavy atom. The highest BCUT2D eigenvalue weighted by molar-refractivity contribution is 6.36. The smallest absolute Gasteiger partial charge is 0.343 e. The van der Waals surface area contributed by atoms with Crippen molar-refractivity contribution in [2.24, 2.45) is 5.92 Å². The minimum atomic E-state index is -1.20. The number of anilines is 2. The largest absolute Gasteiger partial charge is 0.423 e. The maximum Gasteiger partial charge on any atom is 0.343 e. The van der Waals surface area contributed by atoms with Gasteiger partial charge >= 0.3 is 5.97 Å². The predicted octanol–water partition coefficient (Wildman–Crippen LogP) is 5.52. The maximum atomic E-state index is 13.8. The average molecular weight is 570 g/mol. The van der Waals surface area contributed by atoms with Crippen LogP contribution in [-0.4, -0.2) is 28.8 Å². The number of esters is 1. The molecule has 2 amide bonds. The highest BCUT2D eigenvalue weighted by Gasteiger charge is 2.60. The molecule has 0 saturated carbocycles. The van der Waals surface area contributed by atoms with Crippen molar-refractivity contribution < 1.29 is 28.9 Å². The summed E-state index contributed by atoms with van der Waals surface area (Å²) in [6.07, 6.45) is -1.20. The number of amides is 2. The molecule has 2 aliphatic rings. The maximum absolute atomic E-state index is 13.8. The van der Waals surface area contributed by atoms with Crippen LogP contribution in [0.2, 0.25) is 5.02 Å². The molecule has 41 heavy (non-hydrogen) atoms. The van der Waals surface area contributed by atoms with Gasteiger partial charge in [-0.05, 0) is 48.0 Å². The second kappa shape index (κ2) is 10.5. The SMILES string of the molecule is O=C(Oc1ccc([C@@H]2[C@@H]3C(=O)N(c4ccccc4Cl)C(=O)[C@@H]3ON2c2cccc([N+](=O)[O-])c2)cc1)c1ccccc1. The molecule has 204 valence electrons. The molecule has 2 heterocycles. The van der Waals surface area contributed by atoms with Crippen LogP contribution in [0.1, 0.15) is 22.0 Å². The van der Waals surface area contributed by atoms with Gasteiger partial charge in [0.25, 0.3) is 11.6 Å². The quantitative estimate of drug-likeness (QED) is 0.0979. The van der Waals surface area contributed by atoms with E-state index in [1.165, 1.54) is 23.3 Å². The van der Waals surface area contributed by atoms with Gasteiger partial charge < -0.3 is 4.74 Å². The average Bonchev–Trinajstić information content (AvgIpc) is 3.50. The van der Waals surface area contributed by atoms with Crippen LogP contribution in [-0.2, 0) is 14.4 Å². The number of hydrogen-bond donors (Lipinski definition) is 0. The zero-order valence-electron chi connectivity index (χ0n) is 21.1. The van der Waals surface area contributed by atoms with E-state index < -0.39 is 40.8 Å². The van der Waals surface area contributed by atoms with Crippen molar-refractivity contribution in [3.63, 3.8) is 0 Å². The number of ether oxygens (including phenoxy) is 1. The molecule has 2 fully saturated rings. The van der Waals surface area contributed by atoms with E-state index in [0.717, 1.165) is 4.90 Å². The van der Waals surface area contributed by atoms with Crippen molar-refractivity contribution in [1.29, 1.82) is 0 Å². The van der Waals surface area contributed by atoms with Crippen LogP contribution in [0.15, 0.2) is 103 Å². The summed E-state index contributed by atoms with van der Waals surface area (Å²) < 4.78 is 5.48. The first-order chi connectivity index (χ1) is 19.8. The Labute approximate surface area is 238 Å². The third kappa shape index (κ3) is 4.69. The molecular weight excluding hydrogens is 550 g/mol. The molecule has 0 N–H and O–H groups in total. The van der Waals surface area contributed by atoms with Gasteiger partial charge in [0.05, 0.1) is 32.9 Å². The Bertz CT molecular complexity index is 1680. The number of nitrogens with zero attached hydrogens (tertiary/aromatic N) is 3. The predicted molar refractivity (Wildman–Crippen MR) is 148 cm³/mol. The number of carbonyl (C=O) groups is 3. The van der Waals surface area contributed by atoms with Crippen LogP contribution in [0.3, 0.4) is 0 Å². The summed E-state index contributed by atoms with van der Waals surface area (Å²) in [6, 6.07) is 26.4. The van der Waals surface area contributed by atoms with Gasteiger partial charge in [0.15, 0.2) is 6.10 Å². The van der Waals surface area contributed by atoms with E-state index in [1.54, 1.807) is 84.9 Å². The highest BCUT2D eigenvalue weighted by atomic mass is 35.5. The molecule has 0 aromatic heterocycles. The number of carbonyl (C=O) groups excluding carboxylic acids is 3. The lowest BCUT2D eigenvalue weighted by molar-refractivity contribution is -0.384. The van der Waals surface area contributed by atoms with Crippen molar-refractivity contribution in [1.82, 2.24) is 0 Å². The molecule has 0 spiro atoms. The molecule has 2 saturated heterocycles. The summed E-state index contributed by atoms with van der Waals surface area (Å²) in [7, 11) is 0. The van der Waals surface area contributed by atoms with Crippen LogP contribution < -0.4 is 14.7 Å². The Kier molecular flexibility index (Phi) is 6.70. The number of non-ortho nitro benzene ring substituents is 1. The van der Waals surface area contributed by atoms with E-state index in [9.17, 15) is 24.5 Å². The molecule has 3 atom stereocenters. The first-order valence-corrected chi connectivity index (χ1v) is 12.9. The van der Waals surface area contributed by atoms with Crippen LogP contribution in [0.25, 0.3) is 0 Å². The fourth-order valence-electron chi connectivity index (χ4n) is 5.06. The monoisotopic (exact) mass is 569 g/mol. The fraction of sp³-hybridized carbons (Fsp3) is 0.100. The van der Waals surface area contributed by atoms with Crippen molar-refractivity contribution in [3.8, 4) is 5.75 Å². The van der Waals surface area contributed by atoms with Crippen molar-refractivity contribution in [2.75, 3.05) is 9.96 Å². The van der Waals surface area contributed by atoms with Gasteiger partial charge in [-0.25, -0.2) is 14.8 Å². The third-order valence-corrected chi connectivity index (χ3v) is 7.27. The molecule has 4 aromatic rings. The Morgan fingerprint density at radius 2 is 1.59 bits per heavy atom. The van der Waals surface area contributed by atoms with E-state index in [4.69, 9.17) is 21.2 Å². The van der Waals surface area contributed by atoms with Gasteiger partial charge in [-0.2, -0.15) is 0 Å². The number of hydroxylamine groups is 1. The van der Waals surface area contributed by atoms with Crippen LogP contribution in [0.5, 0.6) is 5.75 Å². The fourth-order valence-corrected chi connectivity index (χ4v) is 5.28. The summed E-state index contributed by atoms with van der Waals surface area (Å²) >= 11 is 6.32. The lowest BCUT2D eigenvalue weighted by atomic mass is 9.90. The molecule has 0 unspecified atom stereocenters. The molecule has 6 rings (SSSR count). The lowest BCUT2D eigenvalue weighted by Gasteiger charge is -2.29. The highest BCUT2D eigenvalue weighted by Crippen LogP contribution is 2.48. The van der Waals surface area contributed by atoms with Gasteiger partial charge in [-0.3, -0.25) is 24.5 Å². The van der Waals surface area contributed by atoms with Crippen LogP contribution in [0, 0.1) is 16.0 Å². The zero-order chi connectivity index (χ0) is 28.7. The summed E-state index contributed by atoms with van der Waals surface area (Å²) in [5.74, 6) is -2.37. The van der Waals surface area contributed by atoms with Gasteiger partial charge in [0.2, 0.25) is 5.91 Å². The molecule has 0 radical (unpaired) electrons. The minimum Gasteiger partial charge on any atom is -0.423 e. The second-order valence-corrected chi connectivity index (χ2v) is 9.79. The number of imide groups is 1. The van der Waals surface area contributed by atoms with Crippen molar-refractivity contribution in [2.45, 2.75) is 12.1 Å². The van der Waals surface area contributed by atoms with Gasteiger partial charge in [0.1, 0.15) is 11.7 Å². The molecule has 2 aliphatic heterocycles. The number of hydrogen-bond acceptors (Lipinski definition) is 8. The number of rotatable bonds is 6. The zero-order valence-corrected chi connectivity index (χ0v) is 21.9. The topological polar surface area (TPSA) is 119 Å². The van der Waals surface area contributed by atoms with Crippen molar-refractivity contribution in [3.05, 3.63) is 129 Å². The number of nitro groups is 1. The van der Waals surface area contributed by atoms with E-state index >= 15 is 0 Å². The molecular formula is C30H20ClN3O7. The number of halogens is 1. The molecule has 11 heteroatoms. The van der Waals surface area contributed by atoms with Crippen molar-refractivity contribution >= 4 is 46.4 Å². The minimum absolute atomic E-state index is 0.180. The summed E-state index contributed by atoms with van der Waals surface area (Å²) in [5.41, 5.74) is 1.30. The Morgan fingerprint density at radius 3 is 2.29 bits per heavy atom. The molecule has 0 aliphatic carbocycles. The Balaban J connectivity index is 1.37. The second-order valence-electron chi connectivity index (χ2n) is 9.39. The summed E-state index contributed by atoms with van der Waals surface area (Å²) in [5, 5.41) is 13.0. The van der Waals surface area contributed by atoms with E-state index in [0.29, 0.717) is 16.8 Å². The Hall–Kier alpha value is -5.06. The molecule has 0 bridgehead atoms. The van der Waals surface area contributed by atoms with Gasteiger partial charge in [-0.1, -0.05) is 60.1 Å². The number of nitro benzene ring substituents is 1. The summed E-state index contributed by atoms with van der Waals surface area (Å²) in [4.78, 5) is 57.8. The van der Waals surface area contributed by atoms with E-state index in [2.05, 4.69) is 0 Å². The molecule has 10 nitrogen and oxygen atoms in total. The van der Waals surface area contributed by atoms with Crippen LogP contribution >= 0.6 is 11.6 Å². The normalized spacial score (nSPS) is 19.8. The van der Waals surface area contributed by atoms with E-state index in [1.807, 2.05) is 0 Å². The third-order valence-electron chi connectivity index (χ3n) is 6.95. The van der Waals surface area contributed by atoms with Gasteiger partial charge in [0, 0.05) is 12.1 Å². The first kappa shape index (κ1) is 26.2. The first-order valence-electron chi connectivity index (χ1n) is 12.5. The standard InChI is InChI=1S/C30H20ClN3O7/c31-23-11-4-5-12-24(23)32-28(35)25-26(18-13-15-22(16-14-18)40-30(37)19-7-2-1-3-8-19)33(41-27(25)29(32)36)20-9-6-10-21(17-20)34(38)39/h1-17,25-27H/t25-,26+,27+/m0/s1.